The molecule has 4 fully saturated rings. The van der Waals surface area contributed by atoms with Gasteiger partial charge in [-0.1, -0.05) is 30.3 Å². The number of hydrogen-bond donors (Lipinski definition) is 2. The standard InChI is InChI=1S/C27H31NO4/c1-26(2,20-8-10-22(11-9-20)32-21-6-4-3-5-7-21)24(29)28-23-18-12-17-13-19(23)16-27(14-17,15-18)25(30)31/h3-11,17-19,23H,12-16H2,1-2H3,(H,28,29)(H,30,31). The first kappa shape index (κ1) is 21.0. The highest BCUT2D eigenvalue weighted by Gasteiger charge is 2.59. The summed E-state index contributed by atoms with van der Waals surface area (Å²) in [5.41, 5.74) is -0.312. The summed E-state index contributed by atoms with van der Waals surface area (Å²) in [6.07, 6.45) is 4.31. The molecule has 6 rings (SSSR count). The van der Waals surface area contributed by atoms with Crippen LogP contribution in [-0.2, 0) is 15.0 Å². The van der Waals surface area contributed by atoms with Crippen molar-refractivity contribution in [2.75, 3.05) is 0 Å². The number of benzene rings is 2. The maximum atomic E-state index is 13.4. The van der Waals surface area contributed by atoms with Crippen LogP contribution < -0.4 is 10.1 Å². The van der Waals surface area contributed by atoms with Gasteiger partial charge < -0.3 is 15.2 Å². The second kappa shape index (κ2) is 7.65. The Morgan fingerprint density at radius 2 is 1.53 bits per heavy atom. The molecule has 4 saturated carbocycles. The Bertz CT molecular complexity index is 998. The lowest BCUT2D eigenvalue weighted by Crippen LogP contribution is -2.62. The van der Waals surface area contributed by atoms with Gasteiger partial charge in [-0.25, -0.2) is 0 Å². The van der Waals surface area contributed by atoms with Crippen molar-refractivity contribution < 1.29 is 19.4 Å². The highest BCUT2D eigenvalue weighted by Crippen LogP contribution is 2.60. The number of ether oxygens (including phenoxy) is 1. The van der Waals surface area contributed by atoms with E-state index in [9.17, 15) is 14.7 Å². The Labute approximate surface area is 189 Å². The number of amides is 1. The third-order valence-corrected chi connectivity index (χ3v) is 8.15. The lowest BCUT2D eigenvalue weighted by molar-refractivity contribution is -0.168. The van der Waals surface area contributed by atoms with Gasteiger partial charge in [0.25, 0.3) is 0 Å². The van der Waals surface area contributed by atoms with Crippen molar-refractivity contribution in [2.24, 2.45) is 23.2 Å². The van der Waals surface area contributed by atoms with Crippen LogP contribution >= 0.6 is 0 Å². The number of rotatable bonds is 6. The molecule has 0 saturated heterocycles. The molecule has 4 aliphatic carbocycles. The fraction of sp³-hybridized carbons (Fsp3) is 0.481. The topological polar surface area (TPSA) is 75.6 Å². The second-order valence-corrected chi connectivity index (χ2v) is 10.6. The second-order valence-electron chi connectivity index (χ2n) is 10.6. The lowest BCUT2D eigenvalue weighted by atomic mass is 9.48. The Kier molecular flexibility index (Phi) is 5.03. The van der Waals surface area contributed by atoms with E-state index in [1.54, 1.807) is 0 Å². The average Bonchev–Trinajstić information content (AvgIpc) is 2.76. The molecule has 2 unspecified atom stereocenters. The molecule has 1 amide bonds. The summed E-state index contributed by atoms with van der Waals surface area (Å²) in [5, 5.41) is 13.2. The van der Waals surface area contributed by atoms with Crippen molar-refractivity contribution in [3.05, 3.63) is 60.2 Å². The van der Waals surface area contributed by atoms with Crippen molar-refractivity contribution >= 4 is 11.9 Å². The van der Waals surface area contributed by atoms with Crippen LogP contribution in [0.4, 0.5) is 0 Å². The molecule has 5 heteroatoms. The summed E-state index contributed by atoms with van der Waals surface area (Å²) in [5.74, 6) is 1.93. The maximum absolute atomic E-state index is 13.4. The fourth-order valence-electron chi connectivity index (χ4n) is 6.55. The van der Waals surface area contributed by atoms with Gasteiger partial charge >= 0.3 is 5.97 Å². The molecular formula is C27H31NO4. The molecule has 0 radical (unpaired) electrons. The zero-order valence-electron chi connectivity index (χ0n) is 18.7. The molecule has 0 aliphatic heterocycles. The van der Waals surface area contributed by atoms with Gasteiger partial charge in [0, 0.05) is 6.04 Å². The van der Waals surface area contributed by atoms with Crippen LogP contribution in [0, 0.1) is 23.2 Å². The smallest absolute Gasteiger partial charge is 0.309 e. The molecule has 0 spiro atoms. The minimum atomic E-state index is -0.690. The SMILES string of the molecule is CC(C)(C(=O)NC1C2CC3CC1CC(C(=O)O)(C3)C2)c1ccc(Oc2ccccc2)cc1. The molecule has 2 aromatic carbocycles. The molecule has 5 nitrogen and oxygen atoms in total. The summed E-state index contributed by atoms with van der Waals surface area (Å²) in [6.45, 7) is 3.90. The van der Waals surface area contributed by atoms with Gasteiger partial charge in [-0.3, -0.25) is 9.59 Å². The molecular weight excluding hydrogens is 402 g/mol. The van der Waals surface area contributed by atoms with E-state index in [1.807, 2.05) is 68.4 Å². The Hall–Kier alpha value is -2.82. The normalized spacial score (nSPS) is 30.7. The van der Waals surface area contributed by atoms with E-state index < -0.39 is 16.8 Å². The van der Waals surface area contributed by atoms with Crippen LogP contribution in [-0.4, -0.2) is 23.0 Å². The summed E-state index contributed by atoms with van der Waals surface area (Å²) in [4.78, 5) is 25.4. The van der Waals surface area contributed by atoms with E-state index in [0.717, 1.165) is 36.3 Å². The van der Waals surface area contributed by atoms with E-state index >= 15 is 0 Å². The number of nitrogens with one attached hydrogen (secondary N) is 1. The van der Waals surface area contributed by atoms with E-state index in [-0.39, 0.29) is 23.8 Å². The van der Waals surface area contributed by atoms with Crippen LogP contribution in [0.15, 0.2) is 54.6 Å². The molecule has 2 atom stereocenters. The van der Waals surface area contributed by atoms with Gasteiger partial charge in [-0.05, 0) is 93.5 Å². The summed E-state index contributed by atoms with van der Waals surface area (Å²) < 4.78 is 5.87. The maximum Gasteiger partial charge on any atom is 0.309 e. The monoisotopic (exact) mass is 433 g/mol. The van der Waals surface area contributed by atoms with Gasteiger partial charge in [-0.15, -0.1) is 0 Å². The van der Waals surface area contributed by atoms with Crippen molar-refractivity contribution in [3.63, 3.8) is 0 Å². The lowest BCUT2D eigenvalue weighted by Gasteiger charge is -2.58. The van der Waals surface area contributed by atoms with Gasteiger partial charge in [-0.2, -0.15) is 0 Å². The number of carbonyl (C=O) groups excluding carboxylic acids is 1. The molecule has 2 N–H and O–H groups in total. The van der Waals surface area contributed by atoms with E-state index in [0.29, 0.717) is 18.8 Å². The Morgan fingerprint density at radius 1 is 0.938 bits per heavy atom. The van der Waals surface area contributed by atoms with Crippen molar-refractivity contribution in [1.82, 2.24) is 5.32 Å². The highest BCUT2D eigenvalue weighted by atomic mass is 16.5. The van der Waals surface area contributed by atoms with Crippen molar-refractivity contribution in [1.29, 1.82) is 0 Å². The van der Waals surface area contributed by atoms with Gasteiger partial charge in [0.1, 0.15) is 11.5 Å². The minimum Gasteiger partial charge on any atom is -0.481 e. The van der Waals surface area contributed by atoms with Crippen LogP contribution in [0.25, 0.3) is 0 Å². The number of aliphatic carboxylic acids is 1. The van der Waals surface area contributed by atoms with Crippen molar-refractivity contribution in [3.8, 4) is 11.5 Å². The van der Waals surface area contributed by atoms with E-state index in [2.05, 4.69) is 5.32 Å². The molecule has 4 bridgehead atoms. The minimum absolute atomic E-state index is 0.0103. The molecule has 0 heterocycles. The quantitative estimate of drug-likeness (QED) is 0.660. The third-order valence-electron chi connectivity index (χ3n) is 8.15. The number of para-hydroxylation sites is 1. The van der Waals surface area contributed by atoms with Gasteiger partial charge in [0.2, 0.25) is 5.91 Å². The molecule has 32 heavy (non-hydrogen) atoms. The zero-order valence-corrected chi connectivity index (χ0v) is 18.7. The number of carbonyl (C=O) groups is 2. The van der Waals surface area contributed by atoms with Gasteiger partial charge in [0.05, 0.1) is 10.8 Å². The number of carboxylic acid groups (broad SMARTS) is 1. The first-order valence-corrected chi connectivity index (χ1v) is 11.6. The predicted octanol–water partition coefficient (Wildman–Crippen LogP) is 5.15. The number of carboxylic acids is 1. The summed E-state index contributed by atoms with van der Waals surface area (Å²) in [6, 6.07) is 17.4. The summed E-state index contributed by atoms with van der Waals surface area (Å²) >= 11 is 0. The first-order valence-electron chi connectivity index (χ1n) is 11.6. The number of hydrogen-bond acceptors (Lipinski definition) is 3. The van der Waals surface area contributed by atoms with Crippen LogP contribution in [0.3, 0.4) is 0 Å². The van der Waals surface area contributed by atoms with Gasteiger partial charge in [0.15, 0.2) is 0 Å². The molecule has 0 aromatic heterocycles. The molecule has 2 aromatic rings. The van der Waals surface area contributed by atoms with E-state index in [1.165, 1.54) is 0 Å². The van der Waals surface area contributed by atoms with Crippen molar-refractivity contribution in [2.45, 2.75) is 57.4 Å². The van der Waals surface area contributed by atoms with Crippen LogP contribution in [0.5, 0.6) is 11.5 Å². The summed E-state index contributed by atoms with van der Waals surface area (Å²) in [7, 11) is 0. The van der Waals surface area contributed by atoms with Crippen LogP contribution in [0.1, 0.15) is 51.5 Å². The Balaban J connectivity index is 1.28. The first-order chi connectivity index (χ1) is 15.3. The molecule has 4 aliphatic rings. The molecule has 168 valence electrons. The predicted molar refractivity (Wildman–Crippen MR) is 122 cm³/mol. The Morgan fingerprint density at radius 3 is 2.12 bits per heavy atom. The van der Waals surface area contributed by atoms with Crippen LogP contribution in [0.2, 0.25) is 0 Å². The third kappa shape index (κ3) is 3.58. The highest BCUT2D eigenvalue weighted by molar-refractivity contribution is 5.87. The fourth-order valence-corrected chi connectivity index (χ4v) is 6.55. The average molecular weight is 434 g/mol. The zero-order chi connectivity index (χ0) is 22.5. The largest absolute Gasteiger partial charge is 0.481 e. The van der Waals surface area contributed by atoms with E-state index in [4.69, 9.17) is 4.74 Å².